The van der Waals surface area contributed by atoms with E-state index in [1.165, 1.54) is 16.9 Å². The number of esters is 1. The third-order valence-electron chi connectivity index (χ3n) is 5.70. The number of rotatable bonds is 12. The Morgan fingerprint density at radius 1 is 1.11 bits per heavy atom. The van der Waals surface area contributed by atoms with E-state index in [1.54, 1.807) is 44.3 Å². The summed E-state index contributed by atoms with van der Waals surface area (Å²) in [5, 5.41) is 0.632. The van der Waals surface area contributed by atoms with Crippen molar-refractivity contribution in [3.05, 3.63) is 81.3 Å². The Labute approximate surface area is 216 Å². The predicted molar refractivity (Wildman–Crippen MR) is 142 cm³/mol. The van der Waals surface area contributed by atoms with Crippen molar-refractivity contribution in [3.8, 4) is 11.5 Å². The SMILES string of the molecule is C=Cc1sc(CN(CCCc2ccccc2)C(=O)c2cc(OC)c(C)c(OC)c2)nc1C(=O)OCC. The average molecular weight is 509 g/mol. The van der Waals surface area contributed by atoms with E-state index in [0.717, 1.165) is 18.4 Å². The monoisotopic (exact) mass is 508 g/mol. The lowest BCUT2D eigenvalue weighted by Gasteiger charge is -2.23. The third kappa shape index (κ3) is 6.51. The van der Waals surface area contributed by atoms with Gasteiger partial charge in [0.05, 0.1) is 32.2 Å². The number of hydrogen-bond donors (Lipinski definition) is 0. The molecule has 0 saturated carbocycles. The van der Waals surface area contributed by atoms with E-state index in [1.807, 2.05) is 25.1 Å². The van der Waals surface area contributed by atoms with Crippen LogP contribution in [-0.2, 0) is 17.7 Å². The molecule has 2 aromatic carbocycles. The van der Waals surface area contributed by atoms with E-state index in [-0.39, 0.29) is 24.8 Å². The van der Waals surface area contributed by atoms with Crippen molar-refractivity contribution in [1.29, 1.82) is 0 Å². The molecule has 3 rings (SSSR count). The van der Waals surface area contributed by atoms with Crippen LogP contribution >= 0.6 is 11.3 Å². The zero-order valence-electron chi connectivity index (χ0n) is 21.2. The molecule has 7 nitrogen and oxygen atoms in total. The minimum absolute atomic E-state index is 0.173. The number of ether oxygens (including phenoxy) is 3. The molecule has 0 N–H and O–H groups in total. The minimum Gasteiger partial charge on any atom is -0.496 e. The van der Waals surface area contributed by atoms with Crippen LogP contribution in [0.1, 0.15) is 55.2 Å². The number of hydrogen-bond acceptors (Lipinski definition) is 7. The van der Waals surface area contributed by atoms with Crippen LogP contribution < -0.4 is 9.47 Å². The maximum Gasteiger partial charge on any atom is 0.358 e. The Hall–Kier alpha value is -3.65. The van der Waals surface area contributed by atoms with Crippen LogP contribution in [0.5, 0.6) is 11.5 Å². The van der Waals surface area contributed by atoms with Gasteiger partial charge in [0.25, 0.3) is 5.91 Å². The van der Waals surface area contributed by atoms with Gasteiger partial charge in [0.2, 0.25) is 0 Å². The van der Waals surface area contributed by atoms with Crippen molar-refractivity contribution in [2.75, 3.05) is 27.4 Å². The molecule has 0 aliphatic rings. The van der Waals surface area contributed by atoms with Crippen molar-refractivity contribution >= 4 is 29.3 Å². The predicted octanol–water partition coefficient (Wildman–Crippen LogP) is 5.56. The van der Waals surface area contributed by atoms with Gasteiger partial charge in [-0.1, -0.05) is 36.9 Å². The van der Waals surface area contributed by atoms with Gasteiger partial charge in [-0.2, -0.15) is 0 Å². The van der Waals surface area contributed by atoms with Gasteiger partial charge in [0.15, 0.2) is 5.69 Å². The second-order valence-electron chi connectivity index (χ2n) is 8.07. The normalized spacial score (nSPS) is 10.6. The molecule has 0 radical (unpaired) electrons. The van der Waals surface area contributed by atoms with Crippen molar-refractivity contribution in [2.24, 2.45) is 0 Å². The second kappa shape index (κ2) is 12.9. The Morgan fingerprint density at radius 2 is 1.78 bits per heavy atom. The fourth-order valence-corrected chi connectivity index (χ4v) is 4.78. The molecule has 0 aliphatic carbocycles. The van der Waals surface area contributed by atoms with Crippen molar-refractivity contribution in [2.45, 2.75) is 33.2 Å². The largest absolute Gasteiger partial charge is 0.496 e. The molecule has 8 heteroatoms. The lowest BCUT2D eigenvalue weighted by molar-refractivity contribution is 0.0520. The van der Waals surface area contributed by atoms with Crippen LogP contribution in [0, 0.1) is 6.92 Å². The molecule has 0 bridgehead atoms. The zero-order chi connectivity index (χ0) is 26.1. The summed E-state index contributed by atoms with van der Waals surface area (Å²) in [6, 6.07) is 13.6. The van der Waals surface area contributed by atoms with E-state index >= 15 is 0 Å². The molecule has 0 saturated heterocycles. The quantitative estimate of drug-likeness (QED) is 0.298. The molecule has 0 atom stereocenters. The number of nitrogens with zero attached hydrogens (tertiary/aromatic N) is 2. The highest BCUT2D eigenvalue weighted by molar-refractivity contribution is 7.12. The fraction of sp³-hybridized carbons (Fsp3) is 0.321. The van der Waals surface area contributed by atoms with Crippen LogP contribution in [0.25, 0.3) is 6.08 Å². The van der Waals surface area contributed by atoms with Gasteiger partial charge in [-0.25, -0.2) is 9.78 Å². The maximum atomic E-state index is 13.7. The lowest BCUT2D eigenvalue weighted by atomic mass is 10.1. The molecule has 36 heavy (non-hydrogen) atoms. The van der Waals surface area contributed by atoms with Crippen LogP contribution in [-0.4, -0.2) is 49.1 Å². The number of carbonyl (C=O) groups excluding carboxylic acids is 2. The lowest BCUT2D eigenvalue weighted by Crippen LogP contribution is -2.32. The smallest absolute Gasteiger partial charge is 0.358 e. The number of amides is 1. The van der Waals surface area contributed by atoms with Gasteiger partial charge in [-0.05, 0) is 50.5 Å². The maximum absolute atomic E-state index is 13.7. The van der Waals surface area contributed by atoms with Gasteiger partial charge in [-0.3, -0.25) is 4.79 Å². The van der Waals surface area contributed by atoms with Crippen LogP contribution in [0.4, 0.5) is 0 Å². The van der Waals surface area contributed by atoms with Crippen molar-refractivity contribution in [3.63, 3.8) is 0 Å². The van der Waals surface area contributed by atoms with Crippen LogP contribution in [0.15, 0.2) is 49.0 Å². The molecule has 190 valence electrons. The summed E-state index contributed by atoms with van der Waals surface area (Å²) in [7, 11) is 3.13. The molecule has 0 aliphatic heterocycles. The first-order valence-corrected chi connectivity index (χ1v) is 12.6. The zero-order valence-corrected chi connectivity index (χ0v) is 22.0. The average Bonchev–Trinajstić information content (AvgIpc) is 3.31. The van der Waals surface area contributed by atoms with Gasteiger partial charge in [-0.15, -0.1) is 11.3 Å². The molecule has 1 aromatic heterocycles. The topological polar surface area (TPSA) is 78.0 Å². The number of methoxy groups -OCH3 is 2. The van der Waals surface area contributed by atoms with Gasteiger partial charge >= 0.3 is 5.97 Å². The first kappa shape index (κ1) is 26.9. The third-order valence-corrected chi connectivity index (χ3v) is 6.74. The summed E-state index contributed by atoms with van der Waals surface area (Å²) >= 11 is 1.33. The van der Waals surface area contributed by atoms with E-state index in [0.29, 0.717) is 33.5 Å². The summed E-state index contributed by atoms with van der Waals surface area (Å²) in [6.07, 6.45) is 3.18. The summed E-state index contributed by atoms with van der Waals surface area (Å²) in [5.41, 5.74) is 2.71. The van der Waals surface area contributed by atoms with Crippen molar-refractivity contribution in [1.82, 2.24) is 9.88 Å². The van der Waals surface area contributed by atoms with Gasteiger partial charge in [0, 0.05) is 17.7 Å². The highest BCUT2D eigenvalue weighted by atomic mass is 32.1. The number of aryl methyl sites for hydroxylation is 1. The Bertz CT molecular complexity index is 1180. The number of aromatic nitrogens is 1. The van der Waals surface area contributed by atoms with E-state index in [4.69, 9.17) is 14.2 Å². The summed E-state index contributed by atoms with van der Waals surface area (Å²) in [6.45, 7) is 8.43. The van der Waals surface area contributed by atoms with Gasteiger partial charge in [0.1, 0.15) is 16.5 Å². The number of thiazole rings is 1. The molecule has 0 unspecified atom stereocenters. The summed E-state index contributed by atoms with van der Waals surface area (Å²) in [5.74, 6) is 0.488. The molecule has 1 amide bonds. The number of carbonyl (C=O) groups is 2. The molecular formula is C28H32N2O5S. The number of benzene rings is 2. The first-order chi connectivity index (χ1) is 17.4. The molecule has 1 heterocycles. The van der Waals surface area contributed by atoms with Crippen molar-refractivity contribution < 1.29 is 23.8 Å². The van der Waals surface area contributed by atoms with Gasteiger partial charge < -0.3 is 19.1 Å². The Kier molecular flexibility index (Phi) is 9.64. The standard InChI is InChI=1S/C28H32N2O5S/c1-6-24-26(28(32)35-7-2)29-25(36-24)18-30(15-11-14-20-12-9-8-10-13-20)27(31)21-16-22(33-4)19(3)23(17-21)34-5/h6,8-10,12-13,16-17H,1,7,11,14-15,18H2,2-5H3. The summed E-state index contributed by atoms with van der Waals surface area (Å²) < 4.78 is 16.1. The Morgan fingerprint density at radius 3 is 2.36 bits per heavy atom. The van der Waals surface area contributed by atoms with Crippen LogP contribution in [0.3, 0.4) is 0 Å². The minimum atomic E-state index is -0.495. The van der Waals surface area contributed by atoms with Crippen LogP contribution in [0.2, 0.25) is 0 Å². The highest BCUT2D eigenvalue weighted by Crippen LogP contribution is 2.31. The van der Waals surface area contributed by atoms with E-state index < -0.39 is 5.97 Å². The molecule has 3 aromatic rings. The summed E-state index contributed by atoms with van der Waals surface area (Å²) in [4.78, 5) is 32.9. The van der Waals surface area contributed by atoms with E-state index in [9.17, 15) is 9.59 Å². The van der Waals surface area contributed by atoms with E-state index in [2.05, 4.69) is 23.7 Å². The molecule has 0 fully saturated rings. The molecule has 0 spiro atoms. The fourth-order valence-electron chi connectivity index (χ4n) is 3.86. The highest BCUT2D eigenvalue weighted by Gasteiger charge is 2.23. The first-order valence-electron chi connectivity index (χ1n) is 11.8. The molecular weight excluding hydrogens is 476 g/mol. The Balaban J connectivity index is 1.90. The second-order valence-corrected chi connectivity index (χ2v) is 9.18.